The second kappa shape index (κ2) is 5.34. The second-order valence-electron chi connectivity index (χ2n) is 5.70. The molecular formula is C16H18BrNO2. The zero-order valence-corrected chi connectivity index (χ0v) is 13.3. The van der Waals surface area contributed by atoms with E-state index in [-0.39, 0.29) is 0 Å². The van der Waals surface area contributed by atoms with Gasteiger partial charge >= 0.3 is 0 Å². The summed E-state index contributed by atoms with van der Waals surface area (Å²) in [5, 5.41) is 0. The average Bonchev–Trinajstić information content (AvgIpc) is 2.41. The summed E-state index contributed by atoms with van der Waals surface area (Å²) in [6.45, 7) is 0. The van der Waals surface area contributed by atoms with Crippen LogP contribution >= 0.6 is 15.9 Å². The van der Waals surface area contributed by atoms with Crippen molar-refractivity contribution in [3.05, 3.63) is 27.2 Å². The van der Waals surface area contributed by atoms with Crippen molar-refractivity contribution < 1.29 is 9.53 Å². The maximum Gasteiger partial charge on any atom is 0.235 e. The van der Waals surface area contributed by atoms with Crippen LogP contribution in [0.5, 0.6) is 5.75 Å². The lowest BCUT2D eigenvalue weighted by Gasteiger charge is -2.40. The van der Waals surface area contributed by atoms with Crippen molar-refractivity contribution in [1.29, 1.82) is 0 Å². The summed E-state index contributed by atoms with van der Waals surface area (Å²) in [5.74, 6) is 0.851. The summed E-state index contributed by atoms with van der Waals surface area (Å²) in [7, 11) is 1.69. The van der Waals surface area contributed by atoms with Crippen LogP contribution in [0.1, 0.15) is 48.8 Å². The fourth-order valence-electron chi connectivity index (χ4n) is 3.56. The van der Waals surface area contributed by atoms with Crippen LogP contribution in [0.25, 0.3) is 0 Å². The molecule has 3 nitrogen and oxygen atoms in total. The Labute approximate surface area is 127 Å². The topological polar surface area (TPSA) is 38.7 Å². The number of halogens is 1. The van der Waals surface area contributed by atoms with Gasteiger partial charge in [0.1, 0.15) is 11.3 Å². The molecule has 0 spiro atoms. The lowest BCUT2D eigenvalue weighted by atomic mass is 9.68. The highest BCUT2D eigenvalue weighted by atomic mass is 79.9. The van der Waals surface area contributed by atoms with Crippen LogP contribution in [0.15, 0.2) is 15.5 Å². The molecule has 0 heterocycles. The number of carbonyl (C=O) groups excluding carboxylic acids is 1. The van der Waals surface area contributed by atoms with Crippen molar-refractivity contribution in [3.8, 4) is 5.75 Å². The molecule has 0 aliphatic heterocycles. The SMILES string of the molecule is COc1c(Br)cc2c(c1C1(N=C=O)CCC1)CCCC2. The lowest BCUT2D eigenvalue weighted by molar-refractivity contribution is 0.243. The molecule has 2 aliphatic rings. The fraction of sp³-hybridized carbons (Fsp3) is 0.562. The van der Waals surface area contributed by atoms with Gasteiger partial charge in [0, 0.05) is 5.56 Å². The molecule has 1 saturated carbocycles. The number of methoxy groups -OCH3 is 1. The molecule has 0 aromatic heterocycles. The first-order chi connectivity index (χ1) is 9.72. The van der Waals surface area contributed by atoms with E-state index in [9.17, 15) is 4.79 Å². The van der Waals surface area contributed by atoms with Crippen LogP contribution in [0.4, 0.5) is 0 Å². The Morgan fingerprint density at radius 2 is 2.05 bits per heavy atom. The lowest BCUT2D eigenvalue weighted by Crippen LogP contribution is -2.34. The molecule has 0 N–H and O–H groups in total. The van der Waals surface area contributed by atoms with Gasteiger partial charge in [-0.3, -0.25) is 0 Å². The molecule has 0 amide bonds. The molecule has 4 heteroatoms. The fourth-order valence-corrected chi connectivity index (χ4v) is 4.19. The van der Waals surface area contributed by atoms with E-state index in [2.05, 4.69) is 27.0 Å². The Morgan fingerprint density at radius 3 is 2.65 bits per heavy atom. The monoisotopic (exact) mass is 335 g/mol. The number of isocyanates is 1. The number of fused-ring (bicyclic) bond motifs is 1. The molecule has 20 heavy (non-hydrogen) atoms. The Balaban J connectivity index is 2.26. The maximum absolute atomic E-state index is 10.9. The highest BCUT2D eigenvalue weighted by Crippen LogP contribution is 2.52. The first kappa shape index (κ1) is 13.8. The molecule has 1 aromatic rings. The van der Waals surface area contributed by atoms with Crippen LogP contribution < -0.4 is 4.74 Å². The molecular weight excluding hydrogens is 318 g/mol. The van der Waals surface area contributed by atoms with Gasteiger partial charge in [-0.1, -0.05) is 0 Å². The quantitative estimate of drug-likeness (QED) is 0.617. The zero-order valence-electron chi connectivity index (χ0n) is 11.7. The number of rotatable bonds is 3. The summed E-state index contributed by atoms with van der Waals surface area (Å²) in [6, 6.07) is 2.17. The molecule has 0 bridgehead atoms. The predicted molar refractivity (Wildman–Crippen MR) is 81.0 cm³/mol. The summed E-state index contributed by atoms with van der Waals surface area (Å²) in [4.78, 5) is 15.1. The van der Waals surface area contributed by atoms with E-state index in [0.717, 1.165) is 47.9 Å². The Kier molecular flexibility index (Phi) is 3.70. The second-order valence-corrected chi connectivity index (χ2v) is 6.55. The number of hydrogen-bond donors (Lipinski definition) is 0. The van der Waals surface area contributed by atoms with Gasteiger partial charge in [0.2, 0.25) is 6.08 Å². The molecule has 3 rings (SSSR count). The number of ether oxygens (including phenoxy) is 1. The van der Waals surface area contributed by atoms with Crippen molar-refractivity contribution in [2.24, 2.45) is 4.99 Å². The number of hydrogen-bond acceptors (Lipinski definition) is 3. The minimum atomic E-state index is -0.391. The van der Waals surface area contributed by atoms with Crippen molar-refractivity contribution in [1.82, 2.24) is 0 Å². The van der Waals surface area contributed by atoms with E-state index in [1.807, 2.05) is 0 Å². The van der Waals surface area contributed by atoms with Crippen molar-refractivity contribution >= 4 is 22.0 Å². The summed E-state index contributed by atoms with van der Waals surface area (Å²) in [6.07, 6.45) is 9.33. The average molecular weight is 336 g/mol. The predicted octanol–water partition coefficient (Wildman–Crippen LogP) is 4.05. The van der Waals surface area contributed by atoms with E-state index in [1.165, 1.54) is 24.0 Å². The number of aliphatic imine (C=N–C) groups is 1. The van der Waals surface area contributed by atoms with Gasteiger partial charge in [-0.2, -0.15) is 4.99 Å². The van der Waals surface area contributed by atoms with Crippen molar-refractivity contribution in [3.63, 3.8) is 0 Å². The van der Waals surface area contributed by atoms with Gasteiger partial charge < -0.3 is 4.74 Å². The summed E-state index contributed by atoms with van der Waals surface area (Å²) < 4.78 is 6.61. The van der Waals surface area contributed by atoms with Gasteiger partial charge in [-0.25, -0.2) is 4.79 Å². The first-order valence-electron chi connectivity index (χ1n) is 7.19. The van der Waals surface area contributed by atoms with Crippen LogP contribution in [-0.4, -0.2) is 13.2 Å². The molecule has 106 valence electrons. The Hall–Kier alpha value is -1.12. The van der Waals surface area contributed by atoms with E-state index in [4.69, 9.17) is 4.74 Å². The van der Waals surface area contributed by atoms with E-state index in [1.54, 1.807) is 13.2 Å². The first-order valence-corrected chi connectivity index (χ1v) is 7.99. The highest BCUT2D eigenvalue weighted by Gasteiger charge is 2.44. The van der Waals surface area contributed by atoms with Crippen LogP contribution in [-0.2, 0) is 23.2 Å². The van der Waals surface area contributed by atoms with Gasteiger partial charge in [0.05, 0.1) is 11.6 Å². The van der Waals surface area contributed by atoms with Gasteiger partial charge in [0.25, 0.3) is 0 Å². The normalized spacial score (nSPS) is 19.5. The zero-order chi connectivity index (χ0) is 14.2. The molecule has 0 saturated heterocycles. The molecule has 1 fully saturated rings. The van der Waals surface area contributed by atoms with Crippen LogP contribution in [0, 0.1) is 0 Å². The third-order valence-corrected chi connectivity index (χ3v) is 5.26. The maximum atomic E-state index is 10.9. The molecule has 1 aromatic carbocycles. The molecule has 0 radical (unpaired) electrons. The van der Waals surface area contributed by atoms with Crippen LogP contribution in [0.3, 0.4) is 0 Å². The van der Waals surface area contributed by atoms with Gasteiger partial charge in [-0.05, 0) is 78.1 Å². The smallest absolute Gasteiger partial charge is 0.235 e. The van der Waals surface area contributed by atoms with Crippen LogP contribution in [0.2, 0.25) is 0 Å². The summed E-state index contributed by atoms with van der Waals surface area (Å²) >= 11 is 3.62. The van der Waals surface area contributed by atoms with E-state index >= 15 is 0 Å². The third kappa shape index (κ3) is 2.02. The number of benzene rings is 1. The molecule has 2 aliphatic carbocycles. The standard InChI is InChI=1S/C16H18BrNO2/c1-20-15-13(17)9-11-5-2-3-6-12(11)14(15)16(18-10-19)7-4-8-16/h9H,2-8H2,1H3. The largest absolute Gasteiger partial charge is 0.495 e. The minimum absolute atomic E-state index is 0.391. The molecule has 0 unspecified atom stereocenters. The van der Waals surface area contributed by atoms with E-state index < -0.39 is 5.54 Å². The Bertz CT molecular complexity index is 587. The Morgan fingerprint density at radius 1 is 1.30 bits per heavy atom. The number of aryl methyl sites for hydroxylation is 1. The number of nitrogens with zero attached hydrogens (tertiary/aromatic N) is 1. The molecule has 0 atom stereocenters. The third-order valence-electron chi connectivity index (χ3n) is 4.67. The van der Waals surface area contributed by atoms with Gasteiger partial charge in [-0.15, -0.1) is 0 Å². The van der Waals surface area contributed by atoms with Crippen molar-refractivity contribution in [2.45, 2.75) is 50.5 Å². The van der Waals surface area contributed by atoms with E-state index in [0.29, 0.717) is 0 Å². The van der Waals surface area contributed by atoms with Gasteiger partial charge in [0.15, 0.2) is 0 Å². The summed E-state index contributed by atoms with van der Waals surface area (Å²) in [5.41, 5.74) is 3.48. The van der Waals surface area contributed by atoms with Crippen molar-refractivity contribution in [2.75, 3.05) is 7.11 Å². The minimum Gasteiger partial charge on any atom is -0.495 e. The highest BCUT2D eigenvalue weighted by molar-refractivity contribution is 9.10.